The molecule has 0 aliphatic heterocycles. The predicted molar refractivity (Wildman–Crippen MR) is 86.0 cm³/mol. The highest BCUT2D eigenvalue weighted by molar-refractivity contribution is 5.79. The van der Waals surface area contributed by atoms with Gasteiger partial charge in [0.15, 0.2) is 5.96 Å². The van der Waals surface area contributed by atoms with Gasteiger partial charge in [0.05, 0.1) is 13.1 Å². The van der Waals surface area contributed by atoms with Crippen molar-refractivity contribution in [3.8, 4) is 5.75 Å². The number of aliphatic imine (C=N–C) groups is 1. The zero-order chi connectivity index (χ0) is 17.4. The number of halogens is 2. The van der Waals surface area contributed by atoms with E-state index in [0.29, 0.717) is 24.6 Å². The third kappa shape index (κ3) is 5.53. The zero-order valence-corrected chi connectivity index (χ0v) is 13.6. The summed E-state index contributed by atoms with van der Waals surface area (Å²) in [7, 11) is 0. The van der Waals surface area contributed by atoms with Gasteiger partial charge in [-0.2, -0.15) is 8.78 Å². The average molecular weight is 338 g/mol. The fraction of sp³-hybridized carbons (Fsp3) is 0.375. The molecule has 0 aliphatic rings. The lowest BCUT2D eigenvalue weighted by molar-refractivity contribution is -0.0504. The van der Waals surface area contributed by atoms with Crippen molar-refractivity contribution in [1.29, 1.82) is 0 Å². The molecule has 0 spiro atoms. The van der Waals surface area contributed by atoms with E-state index in [9.17, 15) is 8.78 Å². The largest absolute Gasteiger partial charge is 0.434 e. The Balaban J connectivity index is 2.08. The minimum Gasteiger partial charge on any atom is -0.434 e. The minimum absolute atomic E-state index is 0.131. The maximum atomic E-state index is 12.5. The number of rotatable bonds is 7. The topological polar surface area (TPSA) is 71.7 Å². The number of ether oxygens (including phenoxy) is 1. The lowest BCUT2D eigenvalue weighted by atomic mass is 10.1. The Morgan fingerprint density at radius 1 is 1.33 bits per heavy atom. The molecule has 8 heteroatoms. The number of aryl methyl sites for hydroxylation is 1. The number of nitrogens with zero attached hydrogens (tertiary/aromatic N) is 2. The van der Waals surface area contributed by atoms with Crippen molar-refractivity contribution in [2.75, 3.05) is 6.54 Å². The molecule has 0 atom stereocenters. The van der Waals surface area contributed by atoms with Gasteiger partial charge < -0.3 is 19.9 Å². The van der Waals surface area contributed by atoms with E-state index in [2.05, 4.69) is 25.5 Å². The lowest BCUT2D eigenvalue weighted by Gasteiger charge is -2.12. The molecule has 1 heterocycles. The highest BCUT2D eigenvalue weighted by atomic mass is 19.3. The molecule has 24 heavy (non-hydrogen) atoms. The molecule has 0 bridgehead atoms. The van der Waals surface area contributed by atoms with Crippen LogP contribution in [0, 0.1) is 6.92 Å². The van der Waals surface area contributed by atoms with Crippen LogP contribution < -0.4 is 15.4 Å². The van der Waals surface area contributed by atoms with Gasteiger partial charge in [0.2, 0.25) is 0 Å². The molecule has 0 aliphatic carbocycles. The first kappa shape index (κ1) is 17.7. The summed E-state index contributed by atoms with van der Waals surface area (Å²) in [5.74, 6) is 0.678. The lowest BCUT2D eigenvalue weighted by Crippen LogP contribution is -2.36. The van der Waals surface area contributed by atoms with Crippen LogP contribution in [0.2, 0.25) is 0 Å². The fourth-order valence-corrected chi connectivity index (χ4v) is 2.05. The Morgan fingerprint density at radius 2 is 2.17 bits per heavy atom. The normalized spacial score (nSPS) is 11.6. The van der Waals surface area contributed by atoms with Crippen molar-refractivity contribution < 1.29 is 18.0 Å². The molecule has 6 nitrogen and oxygen atoms in total. The Kier molecular flexibility index (Phi) is 6.53. The maximum absolute atomic E-state index is 12.5. The summed E-state index contributed by atoms with van der Waals surface area (Å²) in [6.07, 6.45) is 1.49. The van der Waals surface area contributed by atoms with Crippen LogP contribution in [-0.4, -0.2) is 24.3 Å². The maximum Gasteiger partial charge on any atom is 0.387 e. The van der Waals surface area contributed by atoms with E-state index >= 15 is 0 Å². The molecule has 0 fully saturated rings. The van der Waals surface area contributed by atoms with E-state index in [4.69, 9.17) is 4.52 Å². The van der Waals surface area contributed by atoms with Crippen molar-refractivity contribution in [3.05, 3.63) is 47.3 Å². The summed E-state index contributed by atoms with van der Waals surface area (Å²) < 4.78 is 34.3. The first-order valence-corrected chi connectivity index (χ1v) is 7.54. The molecule has 2 rings (SSSR count). The molecule has 0 saturated carbocycles. The third-order valence-corrected chi connectivity index (χ3v) is 3.11. The molecule has 0 saturated heterocycles. The second kappa shape index (κ2) is 8.85. The van der Waals surface area contributed by atoms with Gasteiger partial charge in [-0.25, -0.2) is 4.99 Å². The number of aromatic nitrogens is 1. The Labute approximate surface area is 138 Å². The van der Waals surface area contributed by atoms with Gasteiger partial charge in [0, 0.05) is 18.2 Å². The third-order valence-electron chi connectivity index (χ3n) is 3.11. The number of nitrogens with one attached hydrogen (secondary N) is 2. The second-order valence-corrected chi connectivity index (χ2v) is 5.03. The number of guanidine groups is 1. The van der Waals surface area contributed by atoms with Crippen molar-refractivity contribution in [1.82, 2.24) is 15.8 Å². The summed E-state index contributed by atoms with van der Waals surface area (Å²) in [6, 6.07) is 6.77. The van der Waals surface area contributed by atoms with Crippen molar-refractivity contribution in [2.45, 2.75) is 33.5 Å². The van der Waals surface area contributed by atoms with Crippen LogP contribution in [0.15, 0.2) is 40.0 Å². The second-order valence-electron chi connectivity index (χ2n) is 5.03. The van der Waals surface area contributed by atoms with Gasteiger partial charge in [0.1, 0.15) is 17.7 Å². The highest BCUT2D eigenvalue weighted by Gasteiger charge is 2.10. The van der Waals surface area contributed by atoms with Crippen LogP contribution in [0.5, 0.6) is 5.75 Å². The zero-order valence-electron chi connectivity index (χ0n) is 13.6. The van der Waals surface area contributed by atoms with Gasteiger partial charge in [-0.1, -0.05) is 22.9 Å². The summed E-state index contributed by atoms with van der Waals surface area (Å²) in [6.45, 7) is 2.26. The van der Waals surface area contributed by atoms with E-state index < -0.39 is 6.61 Å². The molecule has 2 N–H and O–H groups in total. The smallest absolute Gasteiger partial charge is 0.387 e. The standard InChI is InChI=1S/C16H20F2N4O2/c1-3-19-16(21-10-13-6-7-23-22-13)20-9-12-8-11(2)4-5-14(12)24-15(17)18/h4-8,15H,3,9-10H2,1-2H3,(H2,19,20,21). The van der Waals surface area contributed by atoms with Gasteiger partial charge in [-0.3, -0.25) is 0 Å². The molecule has 0 radical (unpaired) electrons. The highest BCUT2D eigenvalue weighted by Crippen LogP contribution is 2.22. The van der Waals surface area contributed by atoms with Crippen LogP contribution in [0.3, 0.4) is 0 Å². The molecule has 0 amide bonds. The monoisotopic (exact) mass is 338 g/mol. The quantitative estimate of drug-likeness (QED) is 0.600. The Hall–Kier alpha value is -2.64. The van der Waals surface area contributed by atoms with E-state index in [1.807, 2.05) is 13.8 Å². The van der Waals surface area contributed by atoms with Crippen molar-refractivity contribution in [3.63, 3.8) is 0 Å². The first-order valence-electron chi connectivity index (χ1n) is 7.54. The van der Waals surface area contributed by atoms with Gasteiger partial charge in [-0.15, -0.1) is 0 Å². The molecule has 1 aromatic carbocycles. The molecular weight excluding hydrogens is 318 g/mol. The van der Waals surface area contributed by atoms with Gasteiger partial charge in [-0.05, 0) is 19.9 Å². The Morgan fingerprint density at radius 3 is 2.83 bits per heavy atom. The number of alkyl halides is 2. The fourth-order valence-electron chi connectivity index (χ4n) is 2.05. The van der Waals surface area contributed by atoms with E-state index in [-0.39, 0.29) is 12.3 Å². The summed E-state index contributed by atoms with van der Waals surface area (Å²) >= 11 is 0. The summed E-state index contributed by atoms with van der Waals surface area (Å²) in [5, 5.41) is 9.98. The minimum atomic E-state index is -2.87. The molecule has 1 aromatic heterocycles. The SMILES string of the molecule is CCNC(=NCc1cc(C)ccc1OC(F)F)NCc1ccon1. The first-order chi connectivity index (χ1) is 11.6. The number of benzene rings is 1. The molecule has 2 aromatic rings. The van der Waals surface area contributed by atoms with E-state index in [1.165, 1.54) is 12.3 Å². The van der Waals surface area contributed by atoms with Crippen molar-refractivity contribution >= 4 is 5.96 Å². The predicted octanol–water partition coefficient (Wildman–Crippen LogP) is 2.84. The van der Waals surface area contributed by atoms with Crippen LogP contribution in [-0.2, 0) is 13.1 Å². The van der Waals surface area contributed by atoms with E-state index in [1.54, 1.807) is 18.2 Å². The van der Waals surface area contributed by atoms with Crippen molar-refractivity contribution in [2.24, 2.45) is 4.99 Å². The van der Waals surface area contributed by atoms with Crippen LogP contribution in [0.4, 0.5) is 8.78 Å². The van der Waals surface area contributed by atoms with Crippen LogP contribution in [0.25, 0.3) is 0 Å². The number of hydrogen-bond donors (Lipinski definition) is 2. The summed E-state index contributed by atoms with van der Waals surface area (Å²) in [4.78, 5) is 4.40. The summed E-state index contributed by atoms with van der Waals surface area (Å²) in [5.41, 5.74) is 2.27. The van der Waals surface area contributed by atoms with E-state index in [0.717, 1.165) is 11.3 Å². The molecule has 0 unspecified atom stereocenters. The average Bonchev–Trinajstić information content (AvgIpc) is 3.05. The van der Waals surface area contributed by atoms with Crippen LogP contribution in [0.1, 0.15) is 23.7 Å². The van der Waals surface area contributed by atoms with Crippen LogP contribution >= 0.6 is 0 Å². The van der Waals surface area contributed by atoms with Gasteiger partial charge >= 0.3 is 6.61 Å². The van der Waals surface area contributed by atoms with Gasteiger partial charge in [0.25, 0.3) is 0 Å². The molecular formula is C16H20F2N4O2. The number of hydrogen-bond acceptors (Lipinski definition) is 4. The Bertz CT molecular complexity index is 660. The molecule has 130 valence electrons.